The van der Waals surface area contributed by atoms with Gasteiger partial charge in [0.25, 0.3) is 5.91 Å². The van der Waals surface area contributed by atoms with Gasteiger partial charge in [0.05, 0.1) is 6.04 Å². The molecule has 0 bridgehead atoms. The predicted molar refractivity (Wildman–Crippen MR) is 161 cm³/mol. The Bertz CT molecular complexity index is 1370. The Hall–Kier alpha value is -4.00. The molecule has 0 spiro atoms. The van der Waals surface area contributed by atoms with Gasteiger partial charge in [0.1, 0.15) is 0 Å². The number of carbonyl (C=O) groups excluding carboxylic acids is 2. The number of benzene rings is 4. The van der Waals surface area contributed by atoms with Crippen molar-refractivity contribution >= 4 is 22.6 Å². The van der Waals surface area contributed by atoms with Crippen molar-refractivity contribution in [3.8, 4) is 0 Å². The van der Waals surface area contributed by atoms with Crippen LogP contribution in [0.15, 0.2) is 103 Å². The van der Waals surface area contributed by atoms with E-state index in [1.165, 1.54) is 11.1 Å². The average molecular weight is 535 g/mol. The third-order valence-corrected chi connectivity index (χ3v) is 7.82. The van der Waals surface area contributed by atoms with Crippen LogP contribution in [0, 0.1) is 0 Å². The van der Waals surface area contributed by atoms with Crippen molar-refractivity contribution in [1.29, 1.82) is 0 Å². The standard InChI is InChI=1S/C34H38N4O2/c35-20-9-16-32-34(40)38(24-31(26-11-3-1-4-12-26)27-13-5-2-6-14-27)21-19-30(37-32)23-36-33(39)29-18-17-25-10-7-8-15-28(25)22-29/h1-8,10-15,17-18,22,30-32,37H,9,16,19-21,23-24,35H2,(H,36,39)/t30?,32-/m0/s1. The average Bonchev–Trinajstić information content (AvgIpc) is 3.16. The third kappa shape index (κ3) is 6.76. The first-order chi connectivity index (χ1) is 19.6. The van der Waals surface area contributed by atoms with Crippen molar-refractivity contribution in [3.05, 3.63) is 120 Å². The quantitative estimate of drug-likeness (QED) is 0.275. The van der Waals surface area contributed by atoms with Crippen LogP contribution in [-0.2, 0) is 4.79 Å². The molecule has 6 nitrogen and oxygen atoms in total. The van der Waals surface area contributed by atoms with E-state index in [1.807, 2.05) is 59.5 Å². The normalized spacial score (nSPS) is 17.6. The van der Waals surface area contributed by atoms with Crippen LogP contribution in [0.25, 0.3) is 10.8 Å². The van der Waals surface area contributed by atoms with E-state index < -0.39 is 0 Å². The SMILES string of the molecule is NCCC[C@@H]1NC(CNC(=O)c2ccc3ccccc3c2)CCN(CC(c2ccccc2)c2ccccc2)C1=O. The summed E-state index contributed by atoms with van der Waals surface area (Å²) in [6.07, 6.45) is 2.18. The molecule has 0 aromatic heterocycles. The van der Waals surface area contributed by atoms with Crippen molar-refractivity contribution in [2.45, 2.75) is 37.3 Å². The Morgan fingerprint density at radius 3 is 2.23 bits per heavy atom. The summed E-state index contributed by atoms with van der Waals surface area (Å²) in [6, 6.07) is 34.2. The van der Waals surface area contributed by atoms with Crippen LogP contribution in [0.3, 0.4) is 0 Å². The van der Waals surface area contributed by atoms with Crippen LogP contribution in [0.1, 0.15) is 46.7 Å². The van der Waals surface area contributed by atoms with E-state index in [2.05, 4.69) is 59.2 Å². The minimum absolute atomic E-state index is 0.0203. The van der Waals surface area contributed by atoms with Gasteiger partial charge >= 0.3 is 0 Å². The second-order valence-corrected chi connectivity index (χ2v) is 10.6. The van der Waals surface area contributed by atoms with Gasteiger partial charge in [0, 0.05) is 37.2 Å². The van der Waals surface area contributed by atoms with Crippen molar-refractivity contribution < 1.29 is 9.59 Å². The lowest BCUT2D eigenvalue weighted by Crippen LogP contribution is -2.49. The van der Waals surface area contributed by atoms with E-state index in [9.17, 15) is 9.59 Å². The Kier molecular flexibility index (Phi) is 9.22. The number of nitrogens with one attached hydrogen (secondary N) is 2. The summed E-state index contributed by atoms with van der Waals surface area (Å²) in [4.78, 5) is 28.8. The second-order valence-electron chi connectivity index (χ2n) is 10.6. The number of nitrogens with two attached hydrogens (primary N) is 1. The van der Waals surface area contributed by atoms with Gasteiger partial charge < -0.3 is 21.3 Å². The number of hydrogen-bond acceptors (Lipinski definition) is 4. The lowest BCUT2D eigenvalue weighted by molar-refractivity contribution is -0.133. The molecule has 5 rings (SSSR count). The van der Waals surface area contributed by atoms with Gasteiger partial charge in [-0.3, -0.25) is 9.59 Å². The highest BCUT2D eigenvalue weighted by Gasteiger charge is 2.32. The molecule has 0 saturated carbocycles. The molecule has 1 aliphatic heterocycles. The maximum absolute atomic E-state index is 13.8. The van der Waals surface area contributed by atoms with Crippen molar-refractivity contribution in [1.82, 2.24) is 15.5 Å². The van der Waals surface area contributed by atoms with Gasteiger partial charge in [-0.15, -0.1) is 0 Å². The summed E-state index contributed by atoms with van der Waals surface area (Å²) in [5, 5.41) is 8.81. The number of carbonyl (C=O) groups is 2. The molecule has 40 heavy (non-hydrogen) atoms. The highest BCUT2D eigenvalue weighted by molar-refractivity contribution is 5.98. The fourth-order valence-corrected chi connectivity index (χ4v) is 5.60. The minimum atomic E-state index is -0.333. The molecule has 4 N–H and O–H groups in total. The van der Waals surface area contributed by atoms with Crippen molar-refractivity contribution in [2.24, 2.45) is 5.73 Å². The lowest BCUT2D eigenvalue weighted by atomic mass is 9.90. The third-order valence-electron chi connectivity index (χ3n) is 7.82. The van der Waals surface area contributed by atoms with Gasteiger partial charge in [-0.2, -0.15) is 0 Å². The predicted octanol–water partition coefficient (Wildman–Crippen LogP) is 4.70. The zero-order valence-electron chi connectivity index (χ0n) is 22.8. The molecule has 0 radical (unpaired) electrons. The van der Waals surface area contributed by atoms with Crippen molar-refractivity contribution in [2.75, 3.05) is 26.2 Å². The summed E-state index contributed by atoms with van der Waals surface area (Å²) >= 11 is 0. The number of hydrogen-bond donors (Lipinski definition) is 3. The van der Waals surface area contributed by atoms with Crippen LogP contribution in [0.4, 0.5) is 0 Å². The van der Waals surface area contributed by atoms with Gasteiger partial charge in [0.15, 0.2) is 0 Å². The molecule has 1 aliphatic rings. The Morgan fingerprint density at radius 2 is 1.55 bits per heavy atom. The first-order valence-electron chi connectivity index (χ1n) is 14.2. The number of rotatable bonds is 10. The molecule has 1 fully saturated rings. The maximum Gasteiger partial charge on any atom is 0.251 e. The molecule has 4 aromatic carbocycles. The van der Waals surface area contributed by atoms with Gasteiger partial charge in [-0.05, 0) is 59.8 Å². The van der Waals surface area contributed by atoms with Crippen LogP contribution < -0.4 is 16.4 Å². The molecule has 2 amide bonds. The van der Waals surface area contributed by atoms with E-state index in [4.69, 9.17) is 5.73 Å². The Balaban J connectivity index is 1.30. The van der Waals surface area contributed by atoms with E-state index >= 15 is 0 Å². The first kappa shape index (κ1) is 27.6. The molecule has 1 unspecified atom stereocenters. The Labute approximate surface area is 236 Å². The number of amides is 2. The lowest BCUT2D eigenvalue weighted by Gasteiger charge is -2.29. The monoisotopic (exact) mass is 534 g/mol. The topological polar surface area (TPSA) is 87.5 Å². The molecule has 0 aliphatic carbocycles. The van der Waals surface area contributed by atoms with Crippen LogP contribution in [0.5, 0.6) is 0 Å². The van der Waals surface area contributed by atoms with Crippen LogP contribution >= 0.6 is 0 Å². The molecule has 2 atom stereocenters. The summed E-state index contributed by atoms with van der Waals surface area (Å²) in [5.41, 5.74) is 8.84. The van der Waals surface area contributed by atoms with Crippen LogP contribution in [0.2, 0.25) is 0 Å². The maximum atomic E-state index is 13.8. The Morgan fingerprint density at radius 1 is 0.900 bits per heavy atom. The highest BCUT2D eigenvalue weighted by atomic mass is 16.2. The molecule has 4 aromatic rings. The zero-order chi connectivity index (χ0) is 27.7. The van der Waals surface area contributed by atoms with Gasteiger partial charge in [0.2, 0.25) is 5.91 Å². The van der Waals surface area contributed by atoms with Gasteiger partial charge in [-0.1, -0.05) is 91.0 Å². The first-order valence-corrected chi connectivity index (χ1v) is 14.2. The van der Waals surface area contributed by atoms with Crippen molar-refractivity contribution in [3.63, 3.8) is 0 Å². The summed E-state index contributed by atoms with van der Waals surface area (Å²) in [7, 11) is 0. The largest absolute Gasteiger partial charge is 0.350 e. The number of fused-ring (bicyclic) bond motifs is 1. The molecule has 206 valence electrons. The fraction of sp³-hybridized carbons (Fsp3) is 0.294. The van der Waals surface area contributed by atoms with E-state index in [-0.39, 0.29) is 29.8 Å². The molecule has 1 heterocycles. The zero-order valence-corrected chi connectivity index (χ0v) is 22.8. The van der Waals surface area contributed by atoms with Gasteiger partial charge in [-0.25, -0.2) is 0 Å². The molecular weight excluding hydrogens is 496 g/mol. The summed E-state index contributed by atoms with van der Waals surface area (Å²) in [6.45, 7) is 2.21. The fourth-order valence-electron chi connectivity index (χ4n) is 5.60. The van der Waals surface area contributed by atoms with E-state index in [1.54, 1.807) is 0 Å². The number of nitrogens with zero attached hydrogens (tertiary/aromatic N) is 1. The van der Waals surface area contributed by atoms with Crippen LogP contribution in [-0.4, -0.2) is 55.0 Å². The summed E-state index contributed by atoms with van der Waals surface area (Å²) < 4.78 is 0. The summed E-state index contributed by atoms with van der Waals surface area (Å²) in [5.74, 6) is 0.0750. The molecule has 1 saturated heterocycles. The minimum Gasteiger partial charge on any atom is -0.350 e. The van der Waals surface area contributed by atoms with E-state index in [0.717, 1.165) is 23.6 Å². The molecular formula is C34H38N4O2. The highest BCUT2D eigenvalue weighted by Crippen LogP contribution is 2.27. The second kappa shape index (κ2) is 13.4. The van der Waals surface area contributed by atoms with E-state index in [0.29, 0.717) is 38.2 Å². The smallest absolute Gasteiger partial charge is 0.251 e. The molecule has 6 heteroatoms.